The standard InChI is InChI=1S/C15H18FNS/c1-3-14-7-8-15(18-14)10-17-11(2)12-5-4-6-13(16)9-12/h4-9,11,17H,3,10H2,1-2H3/t11-/m1/s1. The molecule has 0 aliphatic carbocycles. The summed E-state index contributed by atoms with van der Waals surface area (Å²) < 4.78 is 13.1. The van der Waals surface area contributed by atoms with Crippen LogP contribution in [0.1, 0.15) is 35.2 Å². The van der Waals surface area contributed by atoms with Gasteiger partial charge in [-0.25, -0.2) is 4.39 Å². The number of nitrogens with one attached hydrogen (secondary N) is 1. The SMILES string of the molecule is CCc1ccc(CN[C@H](C)c2cccc(F)c2)s1. The van der Waals surface area contributed by atoms with Crippen LogP contribution < -0.4 is 5.32 Å². The van der Waals surface area contributed by atoms with E-state index in [9.17, 15) is 4.39 Å². The highest BCUT2D eigenvalue weighted by atomic mass is 32.1. The first-order valence-corrected chi connectivity index (χ1v) is 7.07. The molecular formula is C15H18FNS. The summed E-state index contributed by atoms with van der Waals surface area (Å²) in [6.45, 7) is 5.06. The van der Waals surface area contributed by atoms with Gasteiger partial charge in [-0.15, -0.1) is 11.3 Å². The number of rotatable bonds is 5. The molecule has 0 aliphatic heterocycles. The van der Waals surface area contributed by atoms with Crippen molar-refractivity contribution in [2.45, 2.75) is 32.9 Å². The van der Waals surface area contributed by atoms with Gasteiger partial charge in [0, 0.05) is 22.3 Å². The maximum absolute atomic E-state index is 13.1. The van der Waals surface area contributed by atoms with E-state index in [4.69, 9.17) is 0 Å². The van der Waals surface area contributed by atoms with Gasteiger partial charge >= 0.3 is 0 Å². The van der Waals surface area contributed by atoms with E-state index in [0.717, 1.165) is 18.5 Å². The number of halogens is 1. The molecule has 1 aromatic heterocycles. The molecule has 0 amide bonds. The third-order valence-corrected chi connectivity index (χ3v) is 4.23. The van der Waals surface area contributed by atoms with Crippen LogP contribution in [0.4, 0.5) is 4.39 Å². The second-order valence-corrected chi connectivity index (χ2v) is 5.63. The Hall–Kier alpha value is -1.19. The predicted octanol–water partition coefficient (Wildman–Crippen LogP) is 4.30. The largest absolute Gasteiger partial charge is 0.305 e. The van der Waals surface area contributed by atoms with Crippen molar-refractivity contribution in [2.75, 3.05) is 0 Å². The third-order valence-electron chi connectivity index (χ3n) is 3.00. The van der Waals surface area contributed by atoms with Crippen LogP contribution in [0.25, 0.3) is 0 Å². The van der Waals surface area contributed by atoms with E-state index in [0.29, 0.717) is 0 Å². The van der Waals surface area contributed by atoms with Crippen molar-refractivity contribution in [3.63, 3.8) is 0 Å². The van der Waals surface area contributed by atoms with E-state index in [2.05, 4.69) is 31.3 Å². The minimum Gasteiger partial charge on any atom is -0.305 e. The third kappa shape index (κ3) is 3.40. The molecule has 0 saturated carbocycles. The quantitative estimate of drug-likeness (QED) is 0.848. The molecular weight excluding hydrogens is 245 g/mol. The van der Waals surface area contributed by atoms with Crippen LogP contribution in [0.15, 0.2) is 36.4 Å². The van der Waals surface area contributed by atoms with Gasteiger partial charge < -0.3 is 5.32 Å². The zero-order valence-corrected chi connectivity index (χ0v) is 11.6. The topological polar surface area (TPSA) is 12.0 Å². The molecule has 1 atom stereocenters. The van der Waals surface area contributed by atoms with Crippen LogP contribution in [0.2, 0.25) is 0 Å². The maximum Gasteiger partial charge on any atom is 0.123 e. The fourth-order valence-electron chi connectivity index (χ4n) is 1.85. The Morgan fingerprint density at radius 1 is 1.22 bits per heavy atom. The molecule has 0 fully saturated rings. The molecule has 2 aromatic rings. The summed E-state index contributed by atoms with van der Waals surface area (Å²) in [5, 5.41) is 3.42. The highest BCUT2D eigenvalue weighted by Crippen LogP contribution is 2.19. The van der Waals surface area contributed by atoms with Crippen LogP contribution in [0.3, 0.4) is 0 Å². The summed E-state index contributed by atoms with van der Waals surface area (Å²) in [5.74, 6) is -0.175. The summed E-state index contributed by atoms with van der Waals surface area (Å²) in [5.41, 5.74) is 0.988. The van der Waals surface area contributed by atoms with Crippen molar-refractivity contribution < 1.29 is 4.39 Å². The fourth-order valence-corrected chi connectivity index (χ4v) is 2.76. The lowest BCUT2D eigenvalue weighted by Gasteiger charge is -2.13. The average Bonchev–Trinajstić information content (AvgIpc) is 2.84. The Morgan fingerprint density at radius 2 is 2.00 bits per heavy atom. The van der Waals surface area contributed by atoms with Gasteiger partial charge in [0.05, 0.1) is 0 Å². The zero-order chi connectivity index (χ0) is 13.0. The lowest BCUT2D eigenvalue weighted by molar-refractivity contribution is 0.568. The lowest BCUT2D eigenvalue weighted by atomic mass is 10.1. The van der Waals surface area contributed by atoms with E-state index in [-0.39, 0.29) is 11.9 Å². The van der Waals surface area contributed by atoms with Gasteiger partial charge in [-0.3, -0.25) is 0 Å². The van der Waals surface area contributed by atoms with Crippen LogP contribution in [0.5, 0.6) is 0 Å². The van der Waals surface area contributed by atoms with E-state index < -0.39 is 0 Å². The molecule has 1 heterocycles. The Morgan fingerprint density at radius 3 is 2.67 bits per heavy atom. The molecule has 2 rings (SSSR count). The van der Waals surface area contributed by atoms with Gasteiger partial charge in [-0.05, 0) is 43.2 Å². The first kappa shape index (κ1) is 13.2. The Balaban J connectivity index is 1.93. The first-order valence-electron chi connectivity index (χ1n) is 6.25. The second kappa shape index (κ2) is 6.12. The molecule has 0 aliphatic rings. The second-order valence-electron chi connectivity index (χ2n) is 4.38. The monoisotopic (exact) mass is 263 g/mol. The summed E-state index contributed by atoms with van der Waals surface area (Å²) in [6, 6.07) is 11.3. The van der Waals surface area contributed by atoms with Gasteiger partial charge in [-0.1, -0.05) is 19.1 Å². The molecule has 0 bridgehead atoms. The summed E-state index contributed by atoms with van der Waals surface area (Å²) in [4.78, 5) is 2.74. The van der Waals surface area contributed by atoms with Gasteiger partial charge in [0.15, 0.2) is 0 Å². The Bertz CT molecular complexity index is 507. The fraction of sp³-hybridized carbons (Fsp3) is 0.333. The number of hydrogen-bond acceptors (Lipinski definition) is 2. The van der Waals surface area contributed by atoms with Crippen LogP contribution in [-0.4, -0.2) is 0 Å². The highest BCUT2D eigenvalue weighted by molar-refractivity contribution is 7.11. The van der Waals surface area contributed by atoms with Crippen molar-refractivity contribution in [3.8, 4) is 0 Å². The van der Waals surface area contributed by atoms with Crippen molar-refractivity contribution in [1.82, 2.24) is 5.32 Å². The molecule has 1 aromatic carbocycles. The number of aryl methyl sites for hydroxylation is 1. The van der Waals surface area contributed by atoms with E-state index in [1.54, 1.807) is 12.1 Å². The smallest absolute Gasteiger partial charge is 0.123 e. The molecule has 1 nitrogen and oxygen atoms in total. The minimum atomic E-state index is -0.175. The van der Waals surface area contributed by atoms with E-state index in [1.165, 1.54) is 15.8 Å². The van der Waals surface area contributed by atoms with E-state index in [1.807, 2.05) is 17.4 Å². The molecule has 18 heavy (non-hydrogen) atoms. The molecule has 0 unspecified atom stereocenters. The van der Waals surface area contributed by atoms with Gasteiger partial charge in [0.2, 0.25) is 0 Å². The average molecular weight is 263 g/mol. The molecule has 0 radical (unpaired) electrons. The number of benzene rings is 1. The number of hydrogen-bond donors (Lipinski definition) is 1. The molecule has 0 saturated heterocycles. The summed E-state index contributed by atoms with van der Waals surface area (Å²) in [7, 11) is 0. The normalized spacial score (nSPS) is 12.6. The van der Waals surface area contributed by atoms with Crippen LogP contribution >= 0.6 is 11.3 Å². The zero-order valence-electron chi connectivity index (χ0n) is 10.7. The Kier molecular flexibility index (Phi) is 4.50. The van der Waals surface area contributed by atoms with Crippen molar-refractivity contribution in [1.29, 1.82) is 0 Å². The summed E-state index contributed by atoms with van der Waals surface area (Å²) >= 11 is 1.84. The highest BCUT2D eigenvalue weighted by Gasteiger charge is 2.06. The number of thiophene rings is 1. The van der Waals surface area contributed by atoms with Gasteiger partial charge in [0.1, 0.15) is 5.82 Å². The Labute approximate surface area is 112 Å². The molecule has 96 valence electrons. The van der Waals surface area contributed by atoms with E-state index >= 15 is 0 Å². The van der Waals surface area contributed by atoms with Crippen molar-refractivity contribution in [3.05, 3.63) is 57.5 Å². The molecule has 1 N–H and O–H groups in total. The molecule has 3 heteroatoms. The van der Waals surface area contributed by atoms with Crippen molar-refractivity contribution >= 4 is 11.3 Å². The minimum absolute atomic E-state index is 0.160. The maximum atomic E-state index is 13.1. The van der Waals surface area contributed by atoms with Crippen LogP contribution in [-0.2, 0) is 13.0 Å². The van der Waals surface area contributed by atoms with Gasteiger partial charge in [0.25, 0.3) is 0 Å². The lowest BCUT2D eigenvalue weighted by Crippen LogP contribution is -2.17. The first-order chi connectivity index (χ1) is 8.69. The van der Waals surface area contributed by atoms with Gasteiger partial charge in [-0.2, -0.15) is 0 Å². The molecule has 0 spiro atoms. The summed E-state index contributed by atoms with van der Waals surface area (Å²) in [6.07, 6.45) is 1.09. The van der Waals surface area contributed by atoms with Crippen molar-refractivity contribution in [2.24, 2.45) is 0 Å². The van der Waals surface area contributed by atoms with Crippen LogP contribution in [0, 0.1) is 5.82 Å². The predicted molar refractivity (Wildman–Crippen MR) is 75.4 cm³/mol.